The van der Waals surface area contributed by atoms with Gasteiger partial charge in [-0.05, 0) is 44.4 Å². The normalized spacial score (nSPS) is 33.3. The highest BCUT2D eigenvalue weighted by Gasteiger charge is 2.61. The van der Waals surface area contributed by atoms with E-state index < -0.39 is 28.9 Å². The molecule has 2 rings (SSSR count). The Bertz CT molecular complexity index is 423. The van der Waals surface area contributed by atoms with Crippen LogP contribution in [0.15, 0.2) is 36.0 Å². The Morgan fingerprint density at radius 3 is 2.16 bits per heavy atom. The van der Waals surface area contributed by atoms with Gasteiger partial charge in [0.2, 0.25) is 0 Å². The minimum Gasteiger partial charge on any atom is -0.194 e. The molecule has 0 nitrogen and oxygen atoms in total. The summed E-state index contributed by atoms with van der Waals surface area (Å²) in [4.78, 5) is 0. The van der Waals surface area contributed by atoms with Gasteiger partial charge in [-0.1, -0.05) is 18.2 Å². The molecule has 0 radical (unpaired) electrons. The molecule has 0 heterocycles. The van der Waals surface area contributed by atoms with Crippen molar-refractivity contribution in [2.24, 2.45) is 11.8 Å². The molecule has 1 fully saturated rings. The van der Waals surface area contributed by atoms with E-state index in [9.17, 15) is 17.6 Å². The molecule has 2 aliphatic carbocycles. The summed E-state index contributed by atoms with van der Waals surface area (Å²) in [5.74, 6) is -8.24. The summed E-state index contributed by atoms with van der Waals surface area (Å²) in [5.41, 5.74) is -0.966. The molecule has 106 valence electrons. The van der Waals surface area contributed by atoms with Gasteiger partial charge in [-0.15, -0.1) is 6.58 Å². The van der Waals surface area contributed by atoms with Crippen LogP contribution in [0.4, 0.5) is 17.6 Å². The summed E-state index contributed by atoms with van der Waals surface area (Å²) < 4.78 is 55.3. The molecule has 2 aliphatic rings. The van der Waals surface area contributed by atoms with E-state index in [-0.39, 0.29) is 0 Å². The van der Waals surface area contributed by atoms with Gasteiger partial charge in [0.1, 0.15) is 0 Å². The van der Waals surface area contributed by atoms with Gasteiger partial charge in [-0.3, -0.25) is 0 Å². The lowest BCUT2D eigenvalue weighted by Gasteiger charge is -2.37. The van der Waals surface area contributed by atoms with Crippen LogP contribution in [0.1, 0.15) is 32.6 Å². The van der Waals surface area contributed by atoms with Crippen LogP contribution in [0.5, 0.6) is 0 Å². The number of hydrogen-bond donors (Lipinski definition) is 0. The van der Waals surface area contributed by atoms with Gasteiger partial charge in [-0.2, -0.15) is 17.6 Å². The van der Waals surface area contributed by atoms with E-state index in [0.717, 1.165) is 25.8 Å². The second-order valence-electron chi connectivity index (χ2n) is 5.47. The van der Waals surface area contributed by atoms with Gasteiger partial charge < -0.3 is 0 Å². The fourth-order valence-corrected chi connectivity index (χ4v) is 2.91. The Morgan fingerprint density at radius 1 is 1.05 bits per heavy atom. The minimum atomic E-state index is -4.06. The first-order valence-corrected chi connectivity index (χ1v) is 6.58. The number of rotatable bonds is 2. The topological polar surface area (TPSA) is 0 Å². The highest BCUT2D eigenvalue weighted by Crippen LogP contribution is 2.51. The fraction of sp³-hybridized carbons (Fsp3) is 0.600. The highest BCUT2D eigenvalue weighted by atomic mass is 19.3. The SMILES string of the molecule is C=CC1CCC(C2=CC=C(C)C(F)(F)C2(F)F)CC1. The number of alkyl halides is 4. The van der Waals surface area contributed by atoms with Gasteiger partial charge >= 0.3 is 11.8 Å². The lowest BCUT2D eigenvalue weighted by atomic mass is 9.74. The molecule has 0 N–H and O–H groups in total. The van der Waals surface area contributed by atoms with E-state index in [2.05, 4.69) is 6.58 Å². The zero-order chi connectivity index (χ0) is 14.3. The lowest BCUT2D eigenvalue weighted by molar-refractivity contribution is -0.168. The standard InChI is InChI=1S/C15H18F4/c1-3-11-5-7-12(8-6-11)13-9-4-10(2)14(16,17)15(13,18)19/h3-4,9,11-12H,1,5-8H2,2H3. The highest BCUT2D eigenvalue weighted by molar-refractivity contribution is 5.38. The average Bonchev–Trinajstić information content (AvgIpc) is 2.37. The number of allylic oxidation sites excluding steroid dienone is 5. The third-order valence-corrected chi connectivity index (χ3v) is 4.31. The van der Waals surface area contributed by atoms with Crippen LogP contribution in [0.2, 0.25) is 0 Å². The Hall–Kier alpha value is -1.06. The van der Waals surface area contributed by atoms with Crippen LogP contribution >= 0.6 is 0 Å². The summed E-state index contributed by atoms with van der Waals surface area (Å²) >= 11 is 0. The quantitative estimate of drug-likeness (QED) is 0.483. The zero-order valence-corrected chi connectivity index (χ0v) is 10.9. The summed E-state index contributed by atoms with van der Waals surface area (Å²) in [6.07, 6.45) is 6.70. The number of halogens is 4. The first kappa shape index (κ1) is 14.4. The molecule has 0 aromatic carbocycles. The van der Waals surface area contributed by atoms with Crippen molar-refractivity contribution in [3.63, 3.8) is 0 Å². The van der Waals surface area contributed by atoms with Crippen LogP contribution in [-0.4, -0.2) is 11.8 Å². The van der Waals surface area contributed by atoms with Crippen molar-refractivity contribution in [1.29, 1.82) is 0 Å². The smallest absolute Gasteiger partial charge is 0.194 e. The maximum Gasteiger partial charge on any atom is 0.336 e. The maximum atomic E-state index is 14.0. The summed E-state index contributed by atoms with van der Waals surface area (Å²) in [6.45, 7) is 4.74. The van der Waals surface area contributed by atoms with Crippen molar-refractivity contribution in [2.75, 3.05) is 0 Å². The van der Waals surface area contributed by atoms with Crippen molar-refractivity contribution in [1.82, 2.24) is 0 Å². The molecular formula is C15H18F4. The van der Waals surface area contributed by atoms with Crippen molar-refractivity contribution in [3.05, 3.63) is 36.0 Å². The molecule has 1 saturated carbocycles. The Kier molecular flexibility index (Phi) is 3.63. The van der Waals surface area contributed by atoms with Crippen molar-refractivity contribution >= 4 is 0 Å². The first-order chi connectivity index (χ1) is 8.80. The van der Waals surface area contributed by atoms with Gasteiger partial charge in [-0.25, -0.2) is 0 Å². The second-order valence-corrected chi connectivity index (χ2v) is 5.47. The fourth-order valence-electron chi connectivity index (χ4n) is 2.91. The third kappa shape index (κ3) is 2.26. The molecular weight excluding hydrogens is 256 g/mol. The molecule has 0 aliphatic heterocycles. The van der Waals surface area contributed by atoms with Crippen LogP contribution in [-0.2, 0) is 0 Å². The average molecular weight is 274 g/mol. The molecule has 0 aromatic heterocycles. The van der Waals surface area contributed by atoms with E-state index >= 15 is 0 Å². The molecule has 0 amide bonds. The van der Waals surface area contributed by atoms with Crippen LogP contribution in [0, 0.1) is 11.8 Å². The largest absolute Gasteiger partial charge is 0.336 e. The van der Waals surface area contributed by atoms with E-state index in [1.165, 1.54) is 6.08 Å². The van der Waals surface area contributed by atoms with Crippen molar-refractivity contribution in [2.45, 2.75) is 44.5 Å². The van der Waals surface area contributed by atoms with Gasteiger partial charge in [0.15, 0.2) is 0 Å². The van der Waals surface area contributed by atoms with E-state index in [0.29, 0.717) is 18.8 Å². The second kappa shape index (κ2) is 4.80. The number of hydrogen-bond acceptors (Lipinski definition) is 0. The predicted molar refractivity (Wildman–Crippen MR) is 67.4 cm³/mol. The van der Waals surface area contributed by atoms with E-state index in [4.69, 9.17) is 0 Å². The third-order valence-electron chi connectivity index (χ3n) is 4.31. The van der Waals surface area contributed by atoms with Crippen LogP contribution in [0.3, 0.4) is 0 Å². The van der Waals surface area contributed by atoms with Gasteiger partial charge in [0.05, 0.1) is 0 Å². The molecule has 0 unspecified atom stereocenters. The van der Waals surface area contributed by atoms with E-state index in [1.54, 1.807) is 0 Å². The predicted octanol–water partition coefficient (Wildman–Crippen LogP) is 5.14. The Morgan fingerprint density at radius 2 is 1.63 bits per heavy atom. The summed E-state index contributed by atoms with van der Waals surface area (Å²) in [5, 5.41) is 0. The maximum absolute atomic E-state index is 14.0. The van der Waals surface area contributed by atoms with Crippen LogP contribution in [0.25, 0.3) is 0 Å². The lowest BCUT2D eigenvalue weighted by Crippen LogP contribution is -2.46. The molecule has 0 spiro atoms. The van der Waals surface area contributed by atoms with Gasteiger partial charge in [0, 0.05) is 11.1 Å². The van der Waals surface area contributed by atoms with E-state index in [1.807, 2.05) is 6.08 Å². The van der Waals surface area contributed by atoms with Gasteiger partial charge in [0.25, 0.3) is 0 Å². The molecule has 4 heteroatoms. The molecule has 19 heavy (non-hydrogen) atoms. The summed E-state index contributed by atoms with van der Waals surface area (Å²) in [7, 11) is 0. The monoisotopic (exact) mass is 274 g/mol. The molecule has 0 atom stereocenters. The first-order valence-electron chi connectivity index (χ1n) is 6.58. The summed E-state index contributed by atoms with van der Waals surface area (Å²) in [6, 6.07) is 0. The van der Waals surface area contributed by atoms with Crippen molar-refractivity contribution < 1.29 is 17.6 Å². The van der Waals surface area contributed by atoms with Crippen LogP contribution < -0.4 is 0 Å². The minimum absolute atomic E-state index is 0.326. The molecule has 0 bridgehead atoms. The molecule has 0 aromatic rings. The Balaban J connectivity index is 2.23. The molecule has 0 saturated heterocycles. The Labute approximate surface area is 110 Å². The van der Waals surface area contributed by atoms with Crippen molar-refractivity contribution in [3.8, 4) is 0 Å². The zero-order valence-electron chi connectivity index (χ0n) is 10.9.